The number of carbonyl (C=O) groups excluding carboxylic acids is 1. The number of hydrogen-bond acceptors (Lipinski definition) is 3. The molecule has 0 saturated carbocycles. The summed E-state index contributed by atoms with van der Waals surface area (Å²) in [7, 11) is 1.40. The minimum atomic E-state index is -4.58. The molecule has 1 rings (SSSR count). The van der Waals surface area contributed by atoms with E-state index in [-0.39, 0.29) is 12.2 Å². The van der Waals surface area contributed by atoms with Gasteiger partial charge in [-0.1, -0.05) is 12.1 Å². The number of likely N-dealkylation sites (N-methyl/N-ethyl adjacent to an activating group) is 1. The zero-order valence-corrected chi connectivity index (χ0v) is 11.4. The highest BCUT2D eigenvalue weighted by Gasteiger charge is 2.33. The van der Waals surface area contributed by atoms with Gasteiger partial charge in [-0.3, -0.25) is 14.5 Å². The summed E-state index contributed by atoms with van der Waals surface area (Å²) in [5, 5.41) is 10.9. The SMILES string of the molecule is CC(C(=O)O)N(C)CC(=O)Nc1ccccc1C(F)(F)F. The number of para-hydroxylation sites is 1. The number of alkyl halides is 3. The van der Waals surface area contributed by atoms with Crippen LogP contribution in [0.3, 0.4) is 0 Å². The molecule has 0 bridgehead atoms. The maximum Gasteiger partial charge on any atom is 0.418 e. The molecule has 0 spiro atoms. The van der Waals surface area contributed by atoms with E-state index in [1.165, 1.54) is 31.0 Å². The monoisotopic (exact) mass is 304 g/mol. The highest BCUT2D eigenvalue weighted by Crippen LogP contribution is 2.34. The van der Waals surface area contributed by atoms with Crippen LogP contribution in [0.2, 0.25) is 0 Å². The third kappa shape index (κ3) is 4.75. The summed E-state index contributed by atoms with van der Waals surface area (Å²) in [5.41, 5.74) is -1.31. The molecule has 8 heteroatoms. The van der Waals surface area contributed by atoms with Crippen molar-refractivity contribution in [2.24, 2.45) is 0 Å². The van der Waals surface area contributed by atoms with Crippen LogP contribution in [-0.4, -0.2) is 41.5 Å². The van der Waals surface area contributed by atoms with Gasteiger partial charge in [0.15, 0.2) is 0 Å². The van der Waals surface area contributed by atoms with E-state index in [9.17, 15) is 22.8 Å². The predicted octanol–water partition coefficient (Wildman–Crippen LogP) is 2.05. The summed E-state index contributed by atoms with van der Waals surface area (Å²) in [6.07, 6.45) is -4.58. The molecule has 5 nitrogen and oxygen atoms in total. The molecule has 1 amide bonds. The van der Waals surface area contributed by atoms with Gasteiger partial charge in [0.05, 0.1) is 17.8 Å². The van der Waals surface area contributed by atoms with Crippen LogP contribution < -0.4 is 5.32 Å². The molecular formula is C13H15F3N2O3. The quantitative estimate of drug-likeness (QED) is 0.873. The van der Waals surface area contributed by atoms with Crippen molar-refractivity contribution in [1.29, 1.82) is 0 Å². The summed E-state index contributed by atoms with van der Waals surface area (Å²) in [4.78, 5) is 23.7. The molecule has 1 unspecified atom stereocenters. The molecule has 2 N–H and O–H groups in total. The number of hydrogen-bond donors (Lipinski definition) is 2. The Labute approximate surface area is 119 Å². The Morgan fingerprint density at radius 1 is 1.33 bits per heavy atom. The van der Waals surface area contributed by atoms with Crippen molar-refractivity contribution < 1.29 is 27.9 Å². The fraction of sp³-hybridized carbons (Fsp3) is 0.385. The zero-order chi connectivity index (χ0) is 16.2. The van der Waals surface area contributed by atoms with Crippen LogP contribution in [0.25, 0.3) is 0 Å². The normalized spacial score (nSPS) is 13.0. The number of nitrogens with zero attached hydrogens (tertiary/aromatic N) is 1. The second-order valence-corrected chi connectivity index (χ2v) is 4.52. The molecule has 0 saturated heterocycles. The largest absolute Gasteiger partial charge is 0.480 e. The molecule has 0 heterocycles. The number of carbonyl (C=O) groups is 2. The molecule has 0 radical (unpaired) electrons. The number of halogens is 3. The first kappa shape index (κ1) is 17.0. The lowest BCUT2D eigenvalue weighted by Crippen LogP contribution is -2.40. The van der Waals surface area contributed by atoms with E-state index in [0.717, 1.165) is 12.1 Å². The lowest BCUT2D eigenvalue weighted by molar-refractivity contribution is -0.142. The van der Waals surface area contributed by atoms with Crippen molar-refractivity contribution in [3.8, 4) is 0 Å². The summed E-state index contributed by atoms with van der Waals surface area (Å²) < 4.78 is 38.3. The smallest absolute Gasteiger partial charge is 0.418 e. The molecule has 1 aromatic rings. The van der Waals surface area contributed by atoms with Crippen molar-refractivity contribution in [3.63, 3.8) is 0 Å². The summed E-state index contributed by atoms with van der Waals surface area (Å²) in [5.74, 6) is -1.84. The molecule has 0 aliphatic rings. The van der Waals surface area contributed by atoms with Crippen molar-refractivity contribution in [2.45, 2.75) is 19.1 Å². The molecule has 1 aromatic carbocycles. The van der Waals surface area contributed by atoms with Crippen LogP contribution >= 0.6 is 0 Å². The highest BCUT2D eigenvalue weighted by atomic mass is 19.4. The molecule has 21 heavy (non-hydrogen) atoms. The summed E-state index contributed by atoms with van der Waals surface area (Å²) in [6, 6.07) is 3.67. The van der Waals surface area contributed by atoms with Gasteiger partial charge in [-0.15, -0.1) is 0 Å². The second kappa shape index (κ2) is 6.57. The lowest BCUT2D eigenvalue weighted by Gasteiger charge is -2.21. The highest BCUT2D eigenvalue weighted by molar-refractivity contribution is 5.93. The van der Waals surface area contributed by atoms with E-state index in [4.69, 9.17) is 5.11 Å². The fourth-order valence-electron chi connectivity index (χ4n) is 1.58. The third-order valence-electron chi connectivity index (χ3n) is 2.92. The first-order valence-electron chi connectivity index (χ1n) is 6.02. The van der Waals surface area contributed by atoms with Crippen LogP contribution in [0, 0.1) is 0 Å². The Kier molecular flexibility index (Phi) is 5.31. The topological polar surface area (TPSA) is 69.6 Å². The van der Waals surface area contributed by atoms with Crippen LogP contribution in [-0.2, 0) is 15.8 Å². The van der Waals surface area contributed by atoms with E-state index >= 15 is 0 Å². The first-order chi connectivity index (χ1) is 9.62. The van der Waals surface area contributed by atoms with Crippen LogP contribution in [0.5, 0.6) is 0 Å². The van der Waals surface area contributed by atoms with Crippen LogP contribution in [0.4, 0.5) is 18.9 Å². The Bertz CT molecular complexity index is 532. The maximum atomic E-state index is 12.8. The third-order valence-corrected chi connectivity index (χ3v) is 2.92. The summed E-state index contributed by atoms with van der Waals surface area (Å²) in [6.45, 7) is 1.04. The number of carboxylic acid groups (broad SMARTS) is 1. The maximum absolute atomic E-state index is 12.8. The Balaban J connectivity index is 2.79. The van der Waals surface area contributed by atoms with Crippen molar-refractivity contribution in [1.82, 2.24) is 4.90 Å². The first-order valence-corrected chi connectivity index (χ1v) is 6.02. The molecule has 0 aromatic heterocycles. The Hall–Kier alpha value is -2.09. The summed E-state index contributed by atoms with van der Waals surface area (Å²) >= 11 is 0. The second-order valence-electron chi connectivity index (χ2n) is 4.52. The van der Waals surface area contributed by atoms with E-state index < -0.39 is 29.7 Å². The average molecular weight is 304 g/mol. The van der Waals surface area contributed by atoms with Crippen molar-refractivity contribution >= 4 is 17.6 Å². The number of amides is 1. The Morgan fingerprint density at radius 3 is 2.43 bits per heavy atom. The standard InChI is InChI=1S/C13H15F3N2O3/c1-8(12(20)21)18(2)7-11(19)17-10-6-4-3-5-9(10)13(14,15)16/h3-6,8H,7H2,1-2H3,(H,17,19)(H,20,21). The van der Waals surface area contributed by atoms with E-state index in [0.29, 0.717) is 0 Å². The van der Waals surface area contributed by atoms with Gasteiger partial charge in [-0.2, -0.15) is 13.2 Å². The number of nitrogens with one attached hydrogen (secondary N) is 1. The van der Waals surface area contributed by atoms with E-state index in [1.54, 1.807) is 0 Å². The van der Waals surface area contributed by atoms with Gasteiger partial charge in [-0.05, 0) is 26.1 Å². The minimum absolute atomic E-state index is 0.334. The van der Waals surface area contributed by atoms with Gasteiger partial charge in [0, 0.05) is 0 Å². The number of anilines is 1. The average Bonchev–Trinajstić information content (AvgIpc) is 2.36. The lowest BCUT2D eigenvalue weighted by atomic mass is 10.1. The van der Waals surface area contributed by atoms with Gasteiger partial charge in [0.25, 0.3) is 0 Å². The number of benzene rings is 1. The van der Waals surface area contributed by atoms with Crippen molar-refractivity contribution in [3.05, 3.63) is 29.8 Å². The van der Waals surface area contributed by atoms with E-state index in [1.807, 2.05) is 0 Å². The van der Waals surface area contributed by atoms with Gasteiger partial charge in [-0.25, -0.2) is 0 Å². The molecule has 0 aliphatic carbocycles. The number of aliphatic carboxylic acids is 1. The van der Waals surface area contributed by atoms with Gasteiger partial charge < -0.3 is 10.4 Å². The van der Waals surface area contributed by atoms with Gasteiger partial charge in [0.1, 0.15) is 6.04 Å². The van der Waals surface area contributed by atoms with Crippen LogP contribution in [0.15, 0.2) is 24.3 Å². The molecule has 1 atom stereocenters. The fourth-order valence-corrected chi connectivity index (χ4v) is 1.58. The molecular weight excluding hydrogens is 289 g/mol. The zero-order valence-electron chi connectivity index (χ0n) is 11.4. The Morgan fingerprint density at radius 2 is 1.90 bits per heavy atom. The number of carboxylic acids is 1. The number of rotatable bonds is 5. The molecule has 0 aliphatic heterocycles. The van der Waals surface area contributed by atoms with Gasteiger partial charge in [0.2, 0.25) is 5.91 Å². The van der Waals surface area contributed by atoms with E-state index in [2.05, 4.69) is 5.32 Å². The van der Waals surface area contributed by atoms with Gasteiger partial charge >= 0.3 is 12.1 Å². The predicted molar refractivity (Wildman–Crippen MR) is 69.8 cm³/mol. The molecule has 0 fully saturated rings. The molecule has 116 valence electrons. The van der Waals surface area contributed by atoms with Crippen molar-refractivity contribution in [2.75, 3.05) is 18.9 Å². The van der Waals surface area contributed by atoms with Crippen LogP contribution in [0.1, 0.15) is 12.5 Å². The minimum Gasteiger partial charge on any atom is -0.480 e.